The fourth-order valence-electron chi connectivity index (χ4n) is 2.07. The number of rotatable bonds is 8. The molecule has 0 saturated carbocycles. The van der Waals surface area contributed by atoms with E-state index in [1.165, 1.54) is 0 Å². The fraction of sp³-hybridized carbons (Fsp3) is 0.294. The van der Waals surface area contributed by atoms with Crippen LogP contribution in [0.1, 0.15) is 17.5 Å². The van der Waals surface area contributed by atoms with Crippen molar-refractivity contribution in [2.45, 2.75) is 19.6 Å². The van der Waals surface area contributed by atoms with Crippen molar-refractivity contribution in [3.8, 4) is 5.75 Å². The summed E-state index contributed by atoms with van der Waals surface area (Å²) in [4.78, 5) is 0. The minimum atomic E-state index is 0.164. The number of hydrogen-bond acceptors (Lipinski definition) is 3. The largest absolute Gasteiger partial charge is 0.488 e. The second kappa shape index (κ2) is 9.36. The maximum Gasteiger partial charge on any atom is 0.124 e. The number of hydrogen-bond donors (Lipinski definition) is 2. The van der Waals surface area contributed by atoms with Gasteiger partial charge in [0, 0.05) is 39.3 Å². The van der Waals surface area contributed by atoms with Crippen molar-refractivity contribution in [3.63, 3.8) is 0 Å². The summed E-state index contributed by atoms with van der Waals surface area (Å²) in [6.45, 7) is 1.77. The number of benzene rings is 2. The molecule has 0 saturated heterocycles. The number of halogens is 3. The SMILES string of the molecule is OCCCNCc1cc(Cl)ccc1OCc1c(Cl)cccc1Cl. The van der Waals surface area contributed by atoms with E-state index in [4.69, 9.17) is 44.6 Å². The molecule has 0 aromatic heterocycles. The van der Waals surface area contributed by atoms with E-state index < -0.39 is 0 Å². The van der Waals surface area contributed by atoms with Crippen LogP contribution >= 0.6 is 34.8 Å². The zero-order valence-electron chi connectivity index (χ0n) is 12.5. The molecule has 0 aliphatic carbocycles. The number of ether oxygens (including phenoxy) is 1. The molecule has 0 fully saturated rings. The molecular formula is C17H18Cl3NO2. The molecule has 0 aliphatic heterocycles. The highest BCUT2D eigenvalue weighted by atomic mass is 35.5. The molecule has 2 rings (SSSR count). The molecule has 2 aromatic rings. The zero-order valence-corrected chi connectivity index (χ0v) is 14.8. The third-order valence-electron chi connectivity index (χ3n) is 3.28. The summed E-state index contributed by atoms with van der Waals surface area (Å²) in [5.74, 6) is 0.724. The van der Waals surface area contributed by atoms with Gasteiger partial charge in [-0.15, -0.1) is 0 Å². The lowest BCUT2D eigenvalue weighted by atomic mass is 10.2. The number of aliphatic hydroxyl groups excluding tert-OH is 1. The van der Waals surface area contributed by atoms with Crippen molar-refractivity contribution in [3.05, 3.63) is 62.6 Å². The molecule has 0 unspecified atom stereocenters. The molecule has 2 N–H and O–H groups in total. The van der Waals surface area contributed by atoms with Gasteiger partial charge in [0.05, 0.1) is 0 Å². The highest BCUT2D eigenvalue weighted by Crippen LogP contribution is 2.28. The van der Waals surface area contributed by atoms with E-state index in [0.29, 0.717) is 28.0 Å². The van der Waals surface area contributed by atoms with E-state index in [1.807, 2.05) is 12.1 Å². The molecule has 0 spiro atoms. The van der Waals surface area contributed by atoms with Crippen LogP contribution in [-0.2, 0) is 13.2 Å². The van der Waals surface area contributed by atoms with E-state index in [2.05, 4.69) is 5.32 Å². The predicted octanol–water partition coefficient (Wildman–Crippen LogP) is 4.70. The Hall–Kier alpha value is -0.970. The summed E-state index contributed by atoms with van der Waals surface area (Å²) < 4.78 is 5.88. The molecule has 6 heteroatoms. The zero-order chi connectivity index (χ0) is 16.7. The molecular weight excluding hydrogens is 357 g/mol. The van der Waals surface area contributed by atoms with Crippen LogP contribution in [-0.4, -0.2) is 18.3 Å². The molecule has 23 heavy (non-hydrogen) atoms. The first-order chi connectivity index (χ1) is 11.1. The minimum absolute atomic E-state index is 0.164. The first-order valence-corrected chi connectivity index (χ1v) is 8.41. The third-order valence-corrected chi connectivity index (χ3v) is 4.23. The van der Waals surface area contributed by atoms with Gasteiger partial charge < -0.3 is 15.2 Å². The Labute approximate surface area is 151 Å². The van der Waals surface area contributed by atoms with Crippen molar-refractivity contribution < 1.29 is 9.84 Å². The average molecular weight is 375 g/mol. The van der Waals surface area contributed by atoms with Gasteiger partial charge in [-0.3, -0.25) is 0 Å². The fourth-order valence-corrected chi connectivity index (χ4v) is 2.78. The smallest absolute Gasteiger partial charge is 0.124 e. The van der Waals surface area contributed by atoms with E-state index >= 15 is 0 Å². The lowest BCUT2D eigenvalue weighted by Crippen LogP contribution is -2.16. The van der Waals surface area contributed by atoms with Crippen molar-refractivity contribution in [2.75, 3.05) is 13.2 Å². The van der Waals surface area contributed by atoms with Crippen LogP contribution in [0.15, 0.2) is 36.4 Å². The number of aliphatic hydroxyl groups is 1. The third kappa shape index (κ3) is 5.55. The molecule has 0 atom stereocenters. The Kier molecular flexibility index (Phi) is 7.47. The van der Waals surface area contributed by atoms with E-state index in [-0.39, 0.29) is 13.2 Å². The van der Waals surface area contributed by atoms with E-state index in [1.54, 1.807) is 24.3 Å². The van der Waals surface area contributed by atoms with Gasteiger partial charge in [-0.2, -0.15) is 0 Å². The standard InChI is InChI=1S/C17H18Cl3NO2/c18-13-5-6-17(12(9-13)10-21-7-2-8-22)23-11-14-15(19)3-1-4-16(14)20/h1,3-6,9,21-22H,2,7-8,10-11H2. The van der Waals surface area contributed by atoms with Crippen molar-refractivity contribution in [1.82, 2.24) is 5.32 Å². The maximum atomic E-state index is 8.81. The van der Waals surface area contributed by atoms with Crippen LogP contribution < -0.4 is 10.1 Å². The maximum absolute atomic E-state index is 8.81. The van der Waals surface area contributed by atoms with Crippen LogP contribution in [0.4, 0.5) is 0 Å². The molecule has 0 bridgehead atoms. The summed E-state index contributed by atoms with van der Waals surface area (Å²) in [5.41, 5.74) is 1.70. The predicted molar refractivity (Wildman–Crippen MR) is 95.7 cm³/mol. The highest BCUT2D eigenvalue weighted by Gasteiger charge is 2.09. The second-order valence-electron chi connectivity index (χ2n) is 4.99. The van der Waals surface area contributed by atoms with Gasteiger partial charge >= 0.3 is 0 Å². The molecule has 0 radical (unpaired) electrons. The van der Waals surface area contributed by atoms with Crippen LogP contribution in [0, 0.1) is 0 Å². The molecule has 0 heterocycles. The molecule has 124 valence electrons. The summed E-state index contributed by atoms with van der Waals surface area (Å²) in [5, 5.41) is 13.9. The topological polar surface area (TPSA) is 41.5 Å². The van der Waals surface area contributed by atoms with Crippen LogP contribution in [0.5, 0.6) is 5.75 Å². The number of nitrogens with one attached hydrogen (secondary N) is 1. The Morgan fingerprint density at radius 2 is 1.78 bits per heavy atom. The Bertz CT molecular complexity index is 629. The van der Waals surface area contributed by atoms with Crippen molar-refractivity contribution >= 4 is 34.8 Å². The first-order valence-electron chi connectivity index (χ1n) is 7.27. The Balaban J connectivity index is 2.07. The lowest BCUT2D eigenvalue weighted by molar-refractivity contribution is 0.285. The van der Waals surface area contributed by atoms with Crippen LogP contribution in [0.3, 0.4) is 0 Å². The van der Waals surface area contributed by atoms with Gasteiger partial charge in [0.1, 0.15) is 12.4 Å². The molecule has 2 aromatic carbocycles. The quantitative estimate of drug-likeness (QED) is 0.658. The van der Waals surface area contributed by atoms with Gasteiger partial charge in [0.2, 0.25) is 0 Å². The van der Waals surface area contributed by atoms with Gasteiger partial charge in [0.25, 0.3) is 0 Å². The summed E-state index contributed by atoms with van der Waals surface area (Å²) in [7, 11) is 0. The molecule has 0 aliphatic rings. The normalized spacial score (nSPS) is 10.8. The summed E-state index contributed by atoms with van der Waals surface area (Å²) in [6.07, 6.45) is 0.700. The van der Waals surface area contributed by atoms with Crippen molar-refractivity contribution in [1.29, 1.82) is 0 Å². The Morgan fingerprint density at radius 1 is 1.04 bits per heavy atom. The Morgan fingerprint density at radius 3 is 2.48 bits per heavy atom. The summed E-state index contributed by atoms with van der Waals surface area (Å²) >= 11 is 18.4. The molecule has 0 amide bonds. The van der Waals surface area contributed by atoms with Gasteiger partial charge in [-0.1, -0.05) is 40.9 Å². The van der Waals surface area contributed by atoms with Crippen LogP contribution in [0.25, 0.3) is 0 Å². The van der Waals surface area contributed by atoms with Gasteiger partial charge in [0.15, 0.2) is 0 Å². The highest BCUT2D eigenvalue weighted by molar-refractivity contribution is 6.35. The van der Waals surface area contributed by atoms with Crippen molar-refractivity contribution in [2.24, 2.45) is 0 Å². The van der Waals surface area contributed by atoms with Gasteiger partial charge in [-0.25, -0.2) is 0 Å². The first kappa shape index (κ1) is 18.4. The minimum Gasteiger partial charge on any atom is -0.488 e. The van der Waals surface area contributed by atoms with Gasteiger partial charge in [-0.05, 0) is 43.3 Å². The summed E-state index contributed by atoms with van der Waals surface area (Å²) in [6, 6.07) is 10.8. The van der Waals surface area contributed by atoms with Crippen LogP contribution in [0.2, 0.25) is 15.1 Å². The lowest BCUT2D eigenvalue weighted by Gasteiger charge is -2.14. The second-order valence-corrected chi connectivity index (χ2v) is 6.25. The molecule has 3 nitrogen and oxygen atoms in total. The average Bonchev–Trinajstić information content (AvgIpc) is 2.52. The van der Waals surface area contributed by atoms with E-state index in [0.717, 1.165) is 23.4 Å². The monoisotopic (exact) mass is 373 g/mol. The van der Waals surface area contributed by atoms with E-state index in [9.17, 15) is 0 Å².